The molecule has 6 nitrogen and oxygen atoms in total. The molecule has 0 saturated heterocycles. The van der Waals surface area contributed by atoms with E-state index < -0.39 is 15.7 Å². The molecule has 0 aliphatic heterocycles. The summed E-state index contributed by atoms with van der Waals surface area (Å²) in [5, 5.41) is 0. The van der Waals surface area contributed by atoms with Gasteiger partial charge in [-0.05, 0) is 0 Å². The fourth-order valence-electron chi connectivity index (χ4n) is 0.399. The third-order valence-electron chi connectivity index (χ3n) is 0.828. The standard InChI is InChI=1S/C6H15AsO6/c1-8-4-11-7(12-5-9-2)13-6-10-3/h4-6H2,1-3H3. The van der Waals surface area contributed by atoms with Gasteiger partial charge in [-0.25, -0.2) is 0 Å². The van der Waals surface area contributed by atoms with Crippen LogP contribution < -0.4 is 0 Å². The summed E-state index contributed by atoms with van der Waals surface area (Å²) in [5.41, 5.74) is 0. The van der Waals surface area contributed by atoms with E-state index in [4.69, 9.17) is 25.4 Å². The van der Waals surface area contributed by atoms with Crippen LogP contribution in [0.1, 0.15) is 0 Å². The van der Waals surface area contributed by atoms with Gasteiger partial charge in [0.05, 0.1) is 0 Å². The molecule has 0 aromatic carbocycles. The van der Waals surface area contributed by atoms with Crippen molar-refractivity contribution < 1.29 is 25.4 Å². The van der Waals surface area contributed by atoms with Crippen LogP contribution in [0.15, 0.2) is 0 Å². The van der Waals surface area contributed by atoms with Crippen molar-refractivity contribution in [3.8, 4) is 0 Å². The summed E-state index contributed by atoms with van der Waals surface area (Å²) in [5.74, 6) is 0. The van der Waals surface area contributed by atoms with Crippen LogP contribution in [0.5, 0.6) is 0 Å². The zero-order valence-electron chi connectivity index (χ0n) is 8.02. The fraction of sp³-hybridized carbons (Fsp3) is 1.00. The van der Waals surface area contributed by atoms with Crippen molar-refractivity contribution in [2.24, 2.45) is 0 Å². The molecule has 13 heavy (non-hydrogen) atoms. The van der Waals surface area contributed by atoms with E-state index in [1.807, 2.05) is 0 Å². The summed E-state index contributed by atoms with van der Waals surface area (Å²) in [6.07, 6.45) is 0. The van der Waals surface area contributed by atoms with Crippen molar-refractivity contribution in [3.05, 3.63) is 0 Å². The molecule has 7 heteroatoms. The molecule has 0 atom stereocenters. The molecule has 0 rings (SSSR count). The first-order valence-electron chi connectivity index (χ1n) is 3.50. The van der Waals surface area contributed by atoms with Gasteiger partial charge in [0, 0.05) is 0 Å². The van der Waals surface area contributed by atoms with E-state index in [2.05, 4.69) is 0 Å². The van der Waals surface area contributed by atoms with Crippen molar-refractivity contribution in [3.63, 3.8) is 0 Å². The van der Waals surface area contributed by atoms with E-state index in [1.165, 1.54) is 21.3 Å². The molecule has 0 unspecified atom stereocenters. The summed E-state index contributed by atoms with van der Waals surface area (Å²) < 4.78 is 29.5. The van der Waals surface area contributed by atoms with E-state index in [1.54, 1.807) is 0 Å². The van der Waals surface area contributed by atoms with Gasteiger partial charge in [-0.15, -0.1) is 0 Å². The third-order valence-corrected chi connectivity index (χ3v) is 2.82. The van der Waals surface area contributed by atoms with Gasteiger partial charge in [0.25, 0.3) is 0 Å². The van der Waals surface area contributed by atoms with Crippen LogP contribution in [0.3, 0.4) is 0 Å². The Labute approximate surface area is 83.3 Å². The Morgan fingerprint density at radius 1 is 0.692 bits per heavy atom. The van der Waals surface area contributed by atoms with Crippen molar-refractivity contribution >= 4 is 15.7 Å². The predicted octanol–water partition coefficient (Wildman–Crippen LogP) is -0.167. The normalized spacial score (nSPS) is 11.1. The molecule has 0 heterocycles. The molecule has 0 spiro atoms. The Morgan fingerprint density at radius 3 is 1.23 bits per heavy atom. The van der Waals surface area contributed by atoms with Crippen LogP contribution >= 0.6 is 0 Å². The number of hydrogen-bond acceptors (Lipinski definition) is 6. The number of hydrogen-bond donors (Lipinski definition) is 0. The second kappa shape index (κ2) is 10.4. The van der Waals surface area contributed by atoms with Crippen LogP contribution in [-0.2, 0) is 25.4 Å². The molecule has 0 N–H and O–H groups in total. The molecule has 0 saturated carbocycles. The minimum atomic E-state index is -2.23. The topological polar surface area (TPSA) is 55.4 Å². The SMILES string of the molecule is COCO[As](OCOC)OCOC. The monoisotopic (exact) mass is 258 g/mol. The van der Waals surface area contributed by atoms with Gasteiger partial charge in [-0.1, -0.05) is 0 Å². The van der Waals surface area contributed by atoms with E-state index in [9.17, 15) is 0 Å². The van der Waals surface area contributed by atoms with Gasteiger partial charge in [0.2, 0.25) is 0 Å². The van der Waals surface area contributed by atoms with Gasteiger partial charge in [0.1, 0.15) is 0 Å². The minimum absolute atomic E-state index is 0.146. The van der Waals surface area contributed by atoms with Crippen LogP contribution in [-0.4, -0.2) is 57.4 Å². The predicted molar refractivity (Wildman–Crippen MR) is 44.6 cm³/mol. The van der Waals surface area contributed by atoms with Gasteiger partial charge in [0.15, 0.2) is 0 Å². The van der Waals surface area contributed by atoms with Gasteiger partial charge >= 0.3 is 82.8 Å². The van der Waals surface area contributed by atoms with Gasteiger partial charge in [-0.2, -0.15) is 0 Å². The zero-order valence-corrected chi connectivity index (χ0v) is 9.89. The third kappa shape index (κ3) is 8.64. The van der Waals surface area contributed by atoms with Crippen LogP contribution in [0.25, 0.3) is 0 Å². The van der Waals surface area contributed by atoms with Crippen LogP contribution in [0, 0.1) is 0 Å². The summed E-state index contributed by atoms with van der Waals surface area (Å²) in [4.78, 5) is 0. The Morgan fingerprint density at radius 2 is 1.00 bits per heavy atom. The van der Waals surface area contributed by atoms with Gasteiger partial charge < -0.3 is 0 Å². The summed E-state index contributed by atoms with van der Waals surface area (Å²) in [6.45, 7) is 0.439. The quantitative estimate of drug-likeness (QED) is 0.423. The van der Waals surface area contributed by atoms with Crippen molar-refractivity contribution in [1.29, 1.82) is 0 Å². The maximum absolute atomic E-state index is 5.11. The molecule has 0 aromatic heterocycles. The Balaban J connectivity index is 3.47. The van der Waals surface area contributed by atoms with E-state index >= 15 is 0 Å². The van der Waals surface area contributed by atoms with E-state index in [0.29, 0.717) is 0 Å². The summed E-state index contributed by atoms with van der Waals surface area (Å²) >= 11 is -2.23. The fourth-order valence-corrected chi connectivity index (χ4v) is 2.07. The summed E-state index contributed by atoms with van der Waals surface area (Å²) in [6, 6.07) is 0. The van der Waals surface area contributed by atoms with Crippen molar-refractivity contribution in [2.45, 2.75) is 0 Å². The molecule has 80 valence electrons. The Bertz CT molecular complexity index is 84.1. The Kier molecular flexibility index (Phi) is 10.7. The average molecular weight is 258 g/mol. The second-order valence-electron chi connectivity index (χ2n) is 1.83. The summed E-state index contributed by atoms with van der Waals surface area (Å²) in [7, 11) is 4.58. The molecular formula is C6H15AsO6. The average Bonchev–Trinajstić information content (AvgIpc) is 2.17. The first-order chi connectivity index (χ1) is 6.35. The number of rotatable bonds is 9. The second-order valence-corrected chi connectivity index (χ2v) is 4.39. The van der Waals surface area contributed by atoms with Crippen LogP contribution in [0.2, 0.25) is 0 Å². The molecule has 0 fully saturated rings. The van der Waals surface area contributed by atoms with E-state index in [-0.39, 0.29) is 20.4 Å². The van der Waals surface area contributed by atoms with Crippen molar-refractivity contribution in [1.82, 2.24) is 0 Å². The molecule has 0 aliphatic carbocycles. The zero-order chi connectivity index (χ0) is 9.94. The molecule has 0 bridgehead atoms. The molecule has 0 radical (unpaired) electrons. The first kappa shape index (κ1) is 13.3. The number of ether oxygens (including phenoxy) is 3. The van der Waals surface area contributed by atoms with Gasteiger partial charge in [-0.3, -0.25) is 0 Å². The number of methoxy groups -OCH3 is 3. The van der Waals surface area contributed by atoms with Crippen LogP contribution in [0.4, 0.5) is 0 Å². The molecular weight excluding hydrogens is 243 g/mol. The Hall–Kier alpha value is 0.318. The van der Waals surface area contributed by atoms with Crippen molar-refractivity contribution in [2.75, 3.05) is 41.7 Å². The molecule has 0 amide bonds. The molecule has 0 aliphatic rings. The first-order valence-corrected chi connectivity index (χ1v) is 5.80. The maximum atomic E-state index is 5.11. The van der Waals surface area contributed by atoms with E-state index in [0.717, 1.165) is 0 Å². The molecule has 0 aromatic rings.